The second-order valence-corrected chi connectivity index (χ2v) is 5.47. The van der Waals surface area contributed by atoms with E-state index in [1.807, 2.05) is 18.2 Å². The van der Waals surface area contributed by atoms with E-state index in [4.69, 9.17) is 10.5 Å². The van der Waals surface area contributed by atoms with Crippen LogP contribution in [-0.4, -0.2) is 25.1 Å². The number of aromatic nitrogens is 5. The number of nitrogens with two attached hydrogens (primary N) is 1. The van der Waals surface area contributed by atoms with Gasteiger partial charge in [-0.15, -0.1) is 0 Å². The standard InChI is InChI=1S/C17H12F2N6O/c18-12-3-1-2-11(14(12)19)8-26-17-23-15(22-16(20)24-17)9-4-5-10-7-21-25-13(10)6-9/h1-7H,8H2,(H,21,25)(H2,20,22,23,24). The second-order valence-electron chi connectivity index (χ2n) is 5.47. The lowest BCUT2D eigenvalue weighted by Gasteiger charge is -2.08. The molecule has 0 aliphatic rings. The Morgan fingerprint density at radius 3 is 2.85 bits per heavy atom. The van der Waals surface area contributed by atoms with Gasteiger partial charge in [0.05, 0.1) is 11.7 Å². The van der Waals surface area contributed by atoms with Crippen molar-refractivity contribution in [3.63, 3.8) is 0 Å². The number of H-pyrrole nitrogens is 1. The number of anilines is 1. The highest BCUT2D eigenvalue weighted by molar-refractivity contribution is 5.82. The fourth-order valence-electron chi connectivity index (χ4n) is 2.44. The molecule has 0 unspecified atom stereocenters. The van der Waals surface area contributed by atoms with Crippen LogP contribution in [0.5, 0.6) is 6.01 Å². The summed E-state index contributed by atoms with van der Waals surface area (Å²) in [4.78, 5) is 12.2. The van der Waals surface area contributed by atoms with Gasteiger partial charge in [0.25, 0.3) is 0 Å². The molecule has 0 bridgehead atoms. The molecule has 0 saturated carbocycles. The lowest BCUT2D eigenvalue weighted by molar-refractivity contribution is 0.273. The van der Waals surface area contributed by atoms with Gasteiger partial charge in [-0.25, -0.2) is 8.78 Å². The number of halogens is 2. The van der Waals surface area contributed by atoms with Crippen LogP contribution in [0.15, 0.2) is 42.6 Å². The Balaban J connectivity index is 1.62. The molecule has 0 saturated heterocycles. The number of fused-ring (bicyclic) bond motifs is 1. The highest BCUT2D eigenvalue weighted by Gasteiger charge is 2.12. The Bertz CT molecular complexity index is 1100. The van der Waals surface area contributed by atoms with E-state index in [0.717, 1.165) is 17.0 Å². The summed E-state index contributed by atoms with van der Waals surface area (Å²) in [6, 6.07) is 9.23. The van der Waals surface area contributed by atoms with Crippen molar-refractivity contribution >= 4 is 16.9 Å². The molecule has 0 aliphatic carbocycles. The number of aromatic amines is 1. The van der Waals surface area contributed by atoms with Gasteiger partial charge in [0.1, 0.15) is 6.61 Å². The smallest absolute Gasteiger partial charge is 0.322 e. The molecule has 3 N–H and O–H groups in total. The maximum atomic E-state index is 13.7. The van der Waals surface area contributed by atoms with Gasteiger partial charge in [0, 0.05) is 16.5 Å². The minimum absolute atomic E-state index is 0.0458. The van der Waals surface area contributed by atoms with Gasteiger partial charge in [-0.3, -0.25) is 5.10 Å². The molecule has 26 heavy (non-hydrogen) atoms. The monoisotopic (exact) mass is 354 g/mol. The summed E-state index contributed by atoms with van der Waals surface area (Å²) >= 11 is 0. The summed E-state index contributed by atoms with van der Waals surface area (Å²) in [6.45, 7) is -0.244. The zero-order valence-electron chi connectivity index (χ0n) is 13.3. The number of benzene rings is 2. The minimum atomic E-state index is -0.973. The minimum Gasteiger partial charge on any atom is -0.458 e. The number of nitrogen functional groups attached to an aromatic ring is 1. The van der Waals surface area contributed by atoms with Crippen LogP contribution in [0.3, 0.4) is 0 Å². The van der Waals surface area contributed by atoms with Crippen molar-refractivity contribution in [3.05, 3.63) is 59.8 Å². The predicted molar refractivity (Wildman–Crippen MR) is 90.0 cm³/mol. The molecule has 2 aromatic carbocycles. The third-order valence-corrected chi connectivity index (χ3v) is 3.72. The number of hydrogen-bond acceptors (Lipinski definition) is 6. The largest absolute Gasteiger partial charge is 0.458 e. The van der Waals surface area contributed by atoms with Gasteiger partial charge in [-0.05, 0) is 12.1 Å². The van der Waals surface area contributed by atoms with E-state index in [-0.39, 0.29) is 24.1 Å². The maximum absolute atomic E-state index is 13.7. The molecule has 2 heterocycles. The molecule has 0 atom stereocenters. The summed E-state index contributed by atoms with van der Waals surface area (Å²) < 4.78 is 32.3. The van der Waals surface area contributed by atoms with Crippen molar-refractivity contribution < 1.29 is 13.5 Å². The van der Waals surface area contributed by atoms with Gasteiger partial charge in [0.2, 0.25) is 5.95 Å². The summed E-state index contributed by atoms with van der Waals surface area (Å²) in [5.74, 6) is -1.67. The second kappa shape index (κ2) is 6.36. The van der Waals surface area contributed by atoms with E-state index in [1.54, 1.807) is 6.20 Å². The SMILES string of the molecule is Nc1nc(OCc2cccc(F)c2F)nc(-c2ccc3cn[nH]c3c2)n1. The fourth-order valence-corrected chi connectivity index (χ4v) is 2.44. The van der Waals surface area contributed by atoms with E-state index in [1.165, 1.54) is 12.1 Å². The molecule has 0 fully saturated rings. The summed E-state index contributed by atoms with van der Waals surface area (Å²) in [6.07, 6.45) is 1.70. The Morgan fingerprint density at radius 1 is 1.08 bits per heavy atom. The molecule has 4 rings (SSSR count). The molecule has 0 aliphatic heterocycles. The quantitative estimate of drug-likeness (QED) is 0.584. The molecular formula is C17H12F2N6O. The van der Waals surface area contributed by atoms with Gasteiger partial charge in [-0.1, -0.05) is 24.3 Å². The Morgan fingerprint density at radius 2 is 1.96 bits per heavy atom. The van der Waals surface area contributed by atoms with Crippen LogP contribution in [0.4, 0.5) is 14.7 Å². The molecule has 4 aromatic rings. The third kappa shape index (κ3) is 3.02. The lowest BCUT2D eigenvalue weighted by Crippen LogP contribution is -2.06. The number of ether oxygens (including phenoxy) is 1. The van der Waals surface area contributed by atoms with Gasteiger partial charge in [-0.2, -0.15) is 20.1 Å². The van der Waals surface area contributed by atoms with Crippen LogP contribution >= 0.6 is 0 Å². The average molecular weight is 354 g/mol. The Kier molecular flexibility index (Phi) is 3.88. The molecular weight excluding hydrogens is 342 g/mol. The lowest BCUT2D eigenvalue weighted by atomic mass is 10.1. The molecule has 9 heteroatoms. The highest BCUT2D eigenvalue weighted by atomic mass is 19.2. The first kappa shape index (κ1) is 15.9. The van der Waals surface area contributed by atoms with Crippen LogP contribution < -0.4 is 10.5 Å². The Labute approximate surface area is 145 Å². The highest BCUT2D eigenvalue weighted by Crippen LogP contribution is 2.22. The molecule has 130 valence electrons. The van der Waals surface area contributed by atoms with Crippen LogP contribution in [-0.2, 0) is 6.61 Å². The van der Waals surface area contributed by atoms with Crippen LogP contribution in [0.2, 0.25) is 0 Å². The van der Waals surface area contributed by atoms with E-state index in [0.29, 0.717) is 11.4 Å². The molecule has 0 radical (unpaired) electrons. The number of nitrogens with zero attached hydrogens (tertiary/aromatic N) is 4. The summed E-state index contributed by atoms with van der Waals surface area (Å²) in [7, 11) is 0. The zero-order chi connectivity index (χ0) is 18.1. The van der Waals surface area contributed by atoms with Crippen molar-refractivity contribution in [2.45, 2.75) is 6.61 Å². The van der Waals surface area contributed by atoms with Crippen molar-refractivity contribution in [1.82, 2.24) is 25.1 Å². The average Bonchev–Trinajstić information content (AvgIpc) is 3.10. The van der Waals surface area contributed by atoms with Crippen molar-refractivity contribution in [2.75, 3.05) is 5.73 Å². The molecule has 7 nitrogen and oxygen atoms in total. The Hall–Kier alpha value is -3.62. The number of rotatable bonds is 4. The fraction of sp³-hybridized carbons (Fsp3) is 0.0588. The topological polar surface area (TPSA) is 103 Å². The van der Waals surface area contributed by atoms with Crippen molar-refractivity contribution in [1.29, 1.82) is 0 Å². The first-order valence-corrected chi connectivity index (χ1v) is 7.61. The maximum Gasteiger partial charge on any atom is 0.322 e. The normalized spacial score (nSPS) is 11.0. The van der Waals surface area contributed by atoms with Gasteiger partial charge < -0.3 is 10.5 Å². The number of nitrogens with one attached hydrogen (secondary N) is 1. The van der Waals surface area contributed by atoms with E-state index in [9.17, 15) is 8.78 Å². The van der Waals surface area contributed by atoms with Crippen LogP contribution in [0, 0.1) is 11.6 Å². The molecule has 2 aromatic heterocycles. The van der Waals surface area contributed by atoms with E-state index >= 15 is 0 Å². The van der Waals surface area contributed by atoms with Crippen LogP contribution in [0.25, 0.3) is 22.3 Å². The summed E-state index contributed by atoms with van der Waals surface area (Å²) in [5.41, 5.74) is 7.25. The molecule has 0 spiro atoms. The summed E-state index contributed by atoms with van der Waals surface area (Å²) in [5, 5.41) is 7.75. The van der Waals surface area contributed by atoms with Crippen LogP contribution in [0.1, 0.15) is 5.56 Å². The number of hydrogen-bond donors (Lipinski definition) is 2. The first-order chi connectivity index (χ1) is 12.6. The first-order valence-electron chi connectivity index (χ1n) is 7.61. The predicted octanol–water partition coefficient (Wildman–Crippen LogP) is 2.85. The third-order valence-electron chi connectivity index (χ3n) is 3.72. The van der Waals surface area contributed by atoms with Crippen molar-refractivity contribution in [2.24, 2.45) is 0 Å². The van der Waals surface area contributed by atoms with Gasteiger partial charge in [0.15, 0.2) is 17.5 Å². The van der Waals surface area contributed by atoms with Gasteiger partial charge >= 0.3 is 6.01 Å². The van der Waals surface area contributed by atoms with E-state index in [2.05, 4.69) is 25.1 Å². The van der Waals surface area contributed by atoms with Crippen molar-refractivity contribution in [3.8, 4) is 17.4 Å². The molecule has 0 amide bonds. The van der Waals surface area contributed by atoms with E-state index < -0.39 is 11.6 Å². The zero-order valence-corrected chi connectivity index (χ0v) is 13.3.